The molecule has 112 valence electrons. The van der Waals surface area contributed by atoms with E-state index in [4.69, 9.17) is 9.47 Å². The minimum atomic E-state index is 0.502. The molecule has 0 radical (unpaired) electrons. The minimum Gasteiger partial charge on any atom is -0.497 e. The molecule has 0 unspecified atom stereocenters. The van der Waals surface area contributed by atoms with Crippen LogP contribution in [0.2, 0.25) is 0 Å². The van der Waals surface area contributed by atoms with E-state index in [-0.39, 0.29) is 0 Å². The number of pyridine rings is 1. The summed E-state index contributed by atoms with van der Waals surface area (Å²) in [7, 11) is 1.66. The summed E-state index contributed by atoms with van der Waals surface area (Å²) in [4.78, 5) is 4.32. The summed E-state index contributed by atoms with van der Waals surface area (Å²) in [6, 6.07) is 11.8. The highest BCUT2D eigenvalue weighted by molar-refractivity contribution is 5.28. The Bertz CT molecular complexity index is 541. The fourth-order valence-electron chi connectivity index (χ4n) is 1.96. The highest BCUT2D eigenvalue weighted by atomic mass is 16.5. The average molecular weight is 286 g/mol. The highest BCUT2D eigenvalue weighted by Crippen LogP contribution is 2.17. The van der Waals surface area contributed by atoms with E-state index in [2.05, 4.69) is 17.2 Å². The van der Waals surface area contributed by atoms with Crippen LogP contribution in [0.5, 0.6) is 11.6 Å². The smallest absolute Gasteiger partial charge is 0.218 e. The van der Waals surface area contributed by atoms with Gasteiger partial charge in [0.1, 0.15) is 12.4 Å². The number of methoxy groups -OCH3 is 1. The molecular weight excluding hydrogens is 264 g/mol. The van der Waals surface area contributed by atoms with Crippen LogP contribution in [0.1, 0.15) is 24.5 Å². The minimum absolute atomic E-state index is 0.502. The molecule has 1 heterocycles. The molecule has 4 nitrogen and oxygen atoms in total. The molecule has 1 aromatic carbocycles. The van der Waals surface area contributed by atoms with Crippen LogP contribution in [0.25, 0.3) is 0 Å². The van der Waals surface area contributed by atoms with Crippen LogP contribution in [0, 0.1) is 0 Å². The van der Waals surface area contributed by atoms with Gasteiger partial charge in [-0.15, -0.1) is 0 Å². The number of hydrogen-bond acceptors (Lipinski definition) is 4. The maximum atomic E-state index is 5.84. The van der Waals surface area contributed by atoms with Gasteiger partial charge in [0, 0.05) is 18.3 Å². The van der Waals surface area contributed by atoms with E-state index in [9.17, 15) is 0 Å². The van der Waals surface area contributed by atoms with Gasteiger partial charge in [-0.25, -0.2) is 4.98 Å². The van der Waals surface area contributed by atoms with Gasteiger partial charge in [-0.2, -0.15) is 0 Å². The third-order valence-corrected chi connectivity index (χ3v) is 3.13. The van der Waals surface area contributed by atoms with Gasteiger partial charge in [0.05, 0.1) is 7.11 Å². The first kappa shape index (κ1) is 15.3. The number of aromatic nitrogens is 1. The summed E-state index contributed by atoms with van der Waals surface area (Å²) < 4.78 is 11.0. The van der Waals surface area contributed by atoms with Crippen LogP contribution in [-0.2, 0) is 13.2 Å². The van der Waals surface area contributed by atoms with Crippen LogP contribution in [0.15, 0.2) is 42.6 Å². The number of rotatable bonds is 8. The van der Waals surface area contributed by atoms with Crippen molar-refractivity contribution in [2.24, 2.45) is 0 Å². The van der Waals surface area contributed by atoms with E-state index in [0.717, 1.165) is 36.4 Å². The largest absolute Gasteiger partial charge is 0.497 e. The topological polar surface area (TPSA) is 43.4 Å². The second-order valence-corrected chi connectivity index (χ2v) is 4.78. The summed E-state index contributed by atoms with van der Waals surface area (Å²) >= 11 is 0. The first-order valence-corrected chi connectivity index (χ1v) is 7.24. The van der Waals surface area contributed by atoms with Crippen molar-refractivity contribution in [2.75, 3.05) is 13.7 Å². The monoisotopic (exact) mass is 286 g/mol. The van der Waals surface area contributed by atoms with Gasteiger partial charge < -0.3 is 14.8 Å². The van der Waals surface area contributed by atoms with Crippen molar-refractivity contribution in [3.8, 4) is 11.6 Å². The summed E-state index contributed by atoms with van der Waals surface area (Å²) in [6.07, 6.45) is 2.87. The van der Waals surface area contributed by atoms with Gasteiger partial charge in [0.2, 0.25) is 5.88 Å². The van der Waals surface area contributed by atoms with E-state index < -0.39 is 0 Å². The zero-order valence-electron chi connectivity index (χ0n) is 12.6. The van der Waals surface area contributed by atoms with Gasteiger partial charge in [-0.05, 0) is 36.7 Å². The first-order chi connectivity index (χ1) is 10.3. The van der Waals surface area contributed by atoms with Crippen LogP contribution in [0.4, 0.5) is 0 Å². The molecule has 0 aliphatic heterocycles. The lowest BCUT2D eigenvalue weighted by Gasteiger charge is -2.11. The third-order valence-electron chi connectivity index (χ3n) is 3.13. The van der Waals surface area contributed by atoms with E-state index in [1.54, 1.807) is 13.3 Å². The average Bonchev–Trinajstić information content (AvgIpc) is 2.54. The molecule has 21 heavy (non-hydrogen) atoms. The van der Waals surface area contributed by atoms with Gasteiger partial charge in [0.25, 0.3) is 0 Å². The Kier molecular flexibility index (Phi) is 6.03. The molecular formula is C17H22N2O2. The SMILES string of the molecule is CCCNCc1cccnc1OCc1ccc(OC)cc1. The predicted molar refractivity (Wildman–Crippen MR) is 83.6 cm³/mol. The van der Waals surface area contributed by atoms with E-state index in [0.29, 0.717) is 12.5 Å². The lowest BCUT2D eigenvalue weighted by molar-refractivity contribution is 0.289. The fraction of sp³-hybridized carbons (Fsp3) is 0.353. The number of hydrogen-bond donors (Lipinski definition) is 1. The standard InChI is InChI=1S/C17H22N2O2/c1-3-10-18-12-15-5-4-11-19-17(15)21-13-14-6-8-16(20-2)9-7-14/h4-9,11,18H,3,10,12-13H2,1-2H3. The van der Waals surface area contributed by atoms with Crippen LogP contribution < -0.4 is 14.8 Å². The molecule has 4 heteroatoms. The lowest BCUT2D eigenvalue weighted by atomic mass is 10.2. The van der Waals surface area contributed by atoms with Crippen molar-refractivity contribution in [1.29, 1.82) is 0 Å². The molecule has 0 bridgehead atoms. The second-order valence-electron chi connectivity index (χ2n) is 4.78. The first-order valence-electron chi connectivity index (χ1n) is 7.24. The summed E-state index contributed by atoms with van der Waals surface area (Å²) in [6.45, 7) is 4.42. The Balaban J connectivity index is 1.95. The van der Waals surface area contributed by atoms with Gasteiger partial charge in [0.15, 0.2) is 0 Å². The molecule has 0 atom stereocenters. The number of nitrogens with zero attached hydrogens (tertiary/aromatic N) is 1. The number of benzene rings is 1. The zero-order chi connectivity index (χ0) is 14.9. The zero-order valence-corrected chi connectivity index (χ0v) is 12.6. The third kappa shape index (κ3) is 4.76. The van der Waals surface area contributed by atoms with Crippen LogP contribution in [-0.4, -0.2) is 18.6 Å². The maximum absolute atomic E-state index is 5.84. The van der Waals surface area contributed by atoms with Gasteiger partial charge in [-0.1, -0.05) is 25.1 Å². The van der Waals surface area contributed by atoms with Crippen LogP contribution in [0.3, 0.4) is 0 Å². The van der Waals surface area contributed by atoms with Crippen molar-refractivity contribution in [3.05, 3.63) is 53.7 Å². The van der Waals surface area contributed by atoms with Gasteiger partial charge in [-0.3, -0.25) is 0 Å². The maximum Gasteiger partial charge on any atom is 0.218 e. The van der Waals surface area contributed by atoms with E-state index in [1.807, 2.05) is 36.4 Å². The molecule has 0 saturated heterocycles. The van der Waals surface area contributed by atoms with Crippen molar-refractivity contribution in [3.63, 3.8) is 0 Å². The molecule has 2 rings (SSSR count). The van der Waals surface area contributed by atoms with E-state index >= 15 is 0 Å². The molecule has 0 aliphatic rings. The van der Waals surface area contributed by atoms with Crippen molar-refractivity contribution in [1.82, 2.24) is 10.3 Å². The molecule has 0 amide bonds. The molecule has 0 aliphatic carbocycles. The normalized spacial score (nSPS) is 10.4. The molecule has 0 saturated carbocycles. The molecule has 2 aromatic rings. The van der Waals surface area contributed by atoms with Crippen LogP contribution >= 0.6 is 0 Å². The summed E-state index contributed by atoms with van der Waals surface area (Å²) in [5, 5.41) is 3.37. The highest BCUT2D eigenvalue weighted by Gasteiger charge is 2.04. The Morgan fingerprint density at radius 2 is 1.95 bits per heavy atom. The van der Waals surface area contributed by atoms with Crippen molar-refractivity contribution >= 4 is 0 Å². The summed E-state index contributed by atoms with van der Waals surface area (Å²) in [5.41, 5.74) is 2.17. The molecule has 1 N–H and O–H groups in total. The Hall–Kier alpha value is -2.07. The van der Waals surface area contributed by atoms with Crippen molar-refractivity contribution in [2.45, 2.75) is 26.5 Å². The Morgan fingerprint density at radius 3 is 2.67 bits per heavy atom. The second kappa shape index (κ2) is 8.27. The molecule has 0 spiro atoms. The number of nitrogens with one attached hydrogen (secondary N) is 1. The van der Waals surface area contributed by atoms with Gasteiger partial charge >= 0.3 is 0 Å². The van der Waals surface area contributed by atoms with Crippen molar-refractivity contribution < 1.29 is 9.47 Å². The van der Waals surface area contributed by atoms with E-state index in [1.165, 1.54) is 0 Å². The summed E-state index contributed by atoms with van der Waals surface area (Å²) in [5.74, 6) is 1.54. The Labute approximate surface area is 126 Å². The quantitative estimate of drug-likeness (QED) is 0.757. The number of ether oxygens (including phenoxy) is 2. The molecule has 0 fully saturated rings. The predicted octanol–water partition coefficient (Wildman–Crippen LogP) is 3.17. The molecule has 1 aromatic heterocycles. The lowest BCUT2D eigenvalue weighted by Crippen LogP contribution is -2.15. The Morgan fingerprint density at radius 1 is 1.14 bits per heavy atom. The fourth-order valence-corrected chi connectivity index (χ4v) is 1.96.